The van der Waals surface area contributed by atoms with Gasteiger partial charge in [-0.1, -0.05) is 23.7 Å². The summed E-state index contributed by atoms with van der Waals surface area (Å²) in [6.45, 7) is 5.40. The van der Waals surface area contributed by atoms with E-state index < -0.39 is 0 Å². The fourth-order valence-electron chi connectivity index (χ4n) is 2.40. The summed E-state index contributed by atoms with van der Waals surface area (Å²) in [6.07, 6.45) is 3.69. The number of ether oxygens (including phenoxy) is 1. The second-order valence-corrected chi connectivity index (χ2v) is 6.29. The first-order valence-electron chi connectivity index (χ1n) is 7.94. The predicted molar refractivity (Wildman–Crippen MR) is 92.4 cm³/mol. The molecule has 1 aromatic carbocycles. The van der Waals surface area contributed by atoms with E-state index in [0.717, 1.165) is 43.7 Å². The highest BCUT2D eigenvalue weighted by molar-refractivity contribution is 6.30. The van der Waals surface area contributed by atoms with Gasteiger partial charge in [0.25, 0.3) is 0 Å². The predicted octanol–water partition coefficient (Wildman–Crippen LogP) is 3.21. The molecule has 0 saturated heterocycles. The maximum Gasteiger partial charge on any atom is 0.191 e. The van der Waals surface area contributed by atoms with E-state index in [1.54, 1.807) is 7.05 Å². The minimum atomic E-state index is 0.410. The average molecular weight is 324 g/mol. The van der Waals surface area contributed by atoms with Crippen molar-refractivity contribution >= 4 is 17.6 Å². The molecule has 0 radical (unpaired) electrons. The van der Waals surface area contributed by atoms with Gasteiger partial charge in [0.2, 0.25) is 0 Å². The molecule has 0 spiro atoms. The van der Waals surface area contributed by atoms with Crippen LogP contribution in [0.4, 0.5) is 0 Å². The van der Waals surface area contributed by atoms with Crippen molar-refractivity contribution in [1.29, 1.82) is 0 Å². The van der Waals surface area contributed by atoms with Crippen molar-refractivity contribution in [2.75, 3.05) is 26.8 Å². The highest BCUT2D eigenvalue weighted by Gasteiger charge is 2.41. The number of benzene rings is 1. The molecule has 2 rings (SSSR count). The van der Waals surface area contributed by atoms with Crippen LogP contribution in [-0.4, -0.2) is 32.8 Å². The van der Waals surface area contributed by atoms with Crippen molar-refractivity contribution < 1.29 is 4.74 Å². The number of nitrogens with one attached hydrogen (secondary N) is 2. The normalized spacial score (nSPS) is 16.4. The Hall–Kier alpha value is -1.26. The van der Waals surface area contributed by atoms with Crippen molar-refractivity contribution in [1.82, 2.24) is 10.6 Å². The number of halogens is 1. The van der Waals surface area contributed by atoms with Gasteiger partial charge in [0.05, 0.1) is 0 Å². The molecule has 0 unspecified atom stereocenters. The Morgan fingerprint density at radius 2 is 2.00 bits per heavy atom. The molecule has 1 aliphatic rings. The largest absolute Gasteiger partial charge is 0.382 e. The van der Waals surface area contributed by atoms with Gasteiger partial charge in [-0.05, 0) is 49.3 Å². The van der Waals surface area contributed by atoms with Gasteiger partial charge in [-0.2, -0.15) is 0 Å². The SMILES string of the molecule is CCOCCC1(CNC(=NC)NCc2ccc(Cl)cc2)CC1. The molecule has 0 aromatic heterocycles. The van der Waals surface area contributed by atoms with E-state index in [0.29, 0.717) is 5.41 Å². The third-order valence-corrected chi connectivity index (χ3v) is 4.42. The van der Waals surface area contributed by atoms with Gasteiger partial charge >= 0.3 is 0 Å². The van der Waals surface area contributed by atoms with Crippen LogP contribution >= 0.6 is 11.6 Å². The number of guanidine groups is 1. The molecular formula is C17H26ClN3O. The topological polar surface area (TPSA) is 45.6 Å². The molecule has 0 amide bonds. The van der Waals surface area contributed by atoms with Crippen molar-refractivity contribution in [2.24, 2.45) is 10.4 Å². The molecule has 0 heterocycles. The Kier molecular flexibility index (Phi) is 6.52. The maximum absolute atomic E-state index is 5.89. The monoisotopic (exact) mass is 323 g/mol. The fraction of sp³-hybridized carbons (Fsp3) is 0.588. The molecular weight excluding hydrogens is 298 g/mol. The third-order valence-electron chi connectivity index (χ3n) is 4.17. The first kappa shape index (κ1) is 17.1. The van der Waals surface area contributed by atoms with E-state index in [1.807, 2.05) is 31.2 Å². The number of nitrogens with zero attached hydrogens (tertiary/aromatic N) is 1. The lowest BCUT2D eigenvalue weighted by atomic mass is 10.0. The number of hydrogen-bond acceptors (Lipinski definition) is 2. The standard InChI is InChI=1S/C17H26ClN3O/c1-3-22-11-10-17(8-9-17)13-21-16(19-2)20-12-14-4-6-15(18)7-5-14/h4-7H,3,8-13H2,1-2H3,(H2,19,20,21). The number of aliphatic imine (C=N–C) groups is 1. The first-order valence-corrected chi connectivity index (χ1v) is 8.32. The zero-order valence-electron chi connectivity index (χ0n) is 13.5. The molecule has 5 heteroatoms. The highest BCUT2D eigenvalue weighted by atomic mass is 35.5. The molecule has 0 bridgehead atoms. The van der Waals surface area contributed by atoms with E-state index in [9.17, 15) is 0 Å². The summed E-state index contributed by atoms with van der Waals surface area (Å²) in [7, 11) is 1.80. The van der Waals surface area contributed by atoms with Crippen LogP contribution in [-0.2, 0) is 11.3 Å². The minimum absolute atomic E-state index is 0.410. The molecule has 0 aliphatic heterocycles. The molecule has 22 heavy (non-hydrogen) atoms. The molecule has 1 saturated carbocycles. The van der Waals surface area contributed by atoms with Crippen molar-refractivity contribution in [3.8, 4) is 0 Å². The van der Waals surface area contributed by atoms with Gasteiger partial charge in [-0.3, -0.25) is 4.99 Å². The van der Waals surface area contributed by atoms with Gasteiger partial charge in [-0.25, -0.2) is 0 Å². The van der Waals surface area contributed by atoms with Gasteiger partial charge in [-0.15, -0.1) is 0 Å². The van der Waals surface area contributed by atoms with Crippen molar-refractivity contribution in [3.63, 3.8) is 0 Å². The first-order chi connectivity index (χ1) is 10.7. The van der Waals surface area contributed by atoms with Crippen LogP contribution in [0.3, 0.4) is 0 Å². The maximum atomic E-state index is 5.89. The van der Waals surface area contributed by atoms with Gasteiger partial charge in [0, 0.05) is 38.4 Å². The zero-order valence-corrected chi connectivity index (χ0v) is 14.2. The second kappa shape index (κ2) is 8.39. The van der Waals surface area contributed by atoms with Crippen LogP contribution in [0.25, 0.3) is 0 Å². The van der Waals surface area contributed by atoms with Crippen LogP contribution in [0.2, 0.25) is 5.02 Å². The van der Waals surface area contributed by atoms with Gasteiger partial charge in [0.1, 0.15) is 0 Å². The van der Waals surface area contributed by atoms with Crippen LogP contribution in [0, 0.1) is 5.41 Å². The lowest BCUT2D eigenvalue weighted by Crippen LogP contribution is -2.40. The molecule has 4 nitrogen and oxygen atoms in total. The smallest absolute Gasteiger partial charge is 0.191 e. The average Bonchev–Trinajstić information content (AvgIpc) is 3.30. The highest BCUT2D eigenvalue weighted by Crippen LogP contribution is 2.48. The summed E-state index contributed by atoms with van der Waals surface area (Å²) in [5.41, 5.74) is 1.59. The van der Waals surface area contributed by atoms with Gasteiger partial charge < -0.3 is 15.4 Å². The van der Waals surface area contributed by atoms with Crippen LogP contribution < -0.4 is 10.6 Å². The molecule has 1 fully saturated rings. The zero-order chi connectivity index (χ0) is 15.8. The lowest BCUT2D eigenvalue weighted by Gasteiger charge is -2.18. The summed E-state index contributed by atoms with van der Waals surface area (Å²) < 4.78 is 5.47. The van der Waals surface area contributed by atoms with Crippen molar-refractivity contribution in [3.05, 3.63) is 34.9 Å². The Morgan fingerprint density at radius 3 is 2.59 bits per heavy atom. The van der Waals surface area contributed by atoms with E-state index >= 15 is 0 Å². The van der Waals surface area contributed by atoms with Crippen LogP contribution in [0.1, 0.15) is 31.7 Å². The molecule has 2 N–H and O–H groups in total. The summed E-state index contributed by atoms with van der Waals surface area (Å²) in [6, 6.07) is 7.85. The summed E-state index contributed by atoms with van der Waals surface area (Å²) >= 11 is 5.89. The Morgan fingerprint density at radius 1 is 1.27 bits per heavy atom. The van der Waals surface area contributed by atoms with E-state index in [1.165, 1.54) is 18.4 Å². The summed E-state index contributed by atoms with van der Waals surface area (Å²) in [4.78, 5) is 4.29. The molecule has 0 atom stereocenters. The Bertz CT molecular complexity index is 483. The summed E-state index contributed by atoms with van der Waals surface area (Å²) in [5, 5.41) is 7.54. The molecule has 1 aliphatic carbocycles. The quantitative estimate of drug-likeness (QED) is 0.439. The number of rotatable bonds is 8. The molecule has 1 aromatic rings. The second-order valence-electron chi connectivity index (χ2n) is 5.85. The van der Waals surface area contributed by atoms with E-state index in [4.69, 9.17) is 16.3 Å². The van der Waals surface area contributed by atoms with Gasteiger partial charge in [0.15, 0.2) is 5.96 Å². The van der Waals surface area contributed by atoms with E-state index in [2.05, 4.69) is 15.6 Å². The molecule has 122 valence electrons. The minimum Gasteiger partial charge on any atom is -0.382 e. The van der Waals surface area contributed by atoms with Crippen molar-refractivity contribution in [2.45, 2.75) is 32.7 Å². The third kappa shape index (κ3) is 5.50. The van der Waals surface area contributed by atoms with Crippen LogP contribution in [0.15, 0.2) is 29.3 Å². The lowest BCUT2D eigenvalue weighted by molar-refractivity contribution is 0.128. The Balaban J connectivity index is 1.72. The van der Waals surface area contributed by atoms with Crippen LogP contribution in [0.5, 0.6) is 0 Å². The van der Waals surface area contributed by atoms with E-state index in [-0.39, 0.29) is 0 Å². The fourth-order valence-corrected chi connectivity index (χ4v) is 2.53. The number of hydrogen-bond donors (Lipinski definition) is 2. The Labute approximate surface area is 138 Å². The summed E-state index contributed by atoms with van der Waals surface area (Å²) in [5.74, 6) is 0.845.